The molecule has 1 aliphatic rings. The first-order valence-electron chi connectivity index (χ1n) is 15.8. The van der Waals surface area contributed by atoms with Gasteiger partial charge < -0.3 is 4.90 Å². The van der Waals surface area contributed by atoms with Gasteiger partial charge in [-0.05, 0) is 102 Å². The van der Waals surface area contributed by atoms with Gasteiger partial charge in [-0.15, -0.1) is 0 Å². The maximum Gasteiger partial charge on any atom is 0.195 e. The highest BCUT2D eigenvalue weighted by molar-refractivity contribution is 6.11. The summed E-state index contributed by atoms with van der Waals surface area (Å²) in [5, 5.41) is 9.55. The molecule has 2 nitrogen and oxygen atoms in total. The van der Waals surface area contributed by atoms with E-state index in [-0.39, 0.29) is 5.41 Å². The third kappa shape index (κ3) is 3.82. The number of fused-ring (bicyclic) bond motifs is 9. The lowest BCUT2D eigenvalue weighted by atomic mass is 9.79. The van der Waals surface area contributed by atoms with Crippen molar-refractivity contribution in [2.24, 2.45) is 0 Å². The maximum absolute atomic E-state index is 7.93. The van der Waals surface area contributed by atoms with Crippen molar-refractivity contribution in [3.8, 4) is 11.1 Å². The minimum absolute atomic E-state index is 0.245. The zero-order valence-electron chi connectivity index (χ0n) is 25.8. The smallest absolute Gasteiger partial charge is 0.195 e. The van der Waals surface area contributed by atoms with Crippen LogP contribution in [0.2, 0.25) is 0 Å². The van der Waals surface area contributed by atoms with Gasteiger partial charge in [-0.1, -0.05) is 123 Å². The number of nitrogens with zero attached hydrogens (tertiary/aromatic N) is 2. The molecule has 0 heterocycles. The summed E-state index contributed by atoms with van der Waals surface area (Å²) in [6.07, 6.45) is 0. The third-order valence-corrected chi connectivity index (χ3v) is 9.95. The molecule has 0 spiro atoms. The van der Waals surface area contributed by atoms with Crippen LogP contribution < -0.4 is 4.90 Å². The summed E-state index contributed by atoms with van der Waals surface area (Å²) >= 11 is 0. The Morgan fingerprint density at radius 2 is 1.02 bits per heavy atom. The SMILES string of the molecule is [C-]#[N+]c1cc2c(c3ccccc13)-c1ccc3cc(N(c4ccc5ccccc5c4)c4ccc5ccccc5c4)ccc3c1C2(C)C. The molecular formula is C44H30N2. The molecule has 0 bridgehead atoms. The van der Waals surface area contributed by atoms with E-state index in [4.69, 9.17) is 6.57 Å². The topological polar surface area (TPSA) is 7.60 Å². The Morgan fingerprint density at radius 1 is 0.500 bits per heavy atom. The minimum atomic E-state index is -0.245. The Morgan fingerprint density at radius 3 is 1.65 bits per heavy atom. The van der Waals surface area contributed by atoms with Crippen LogP contribution in [0.3, 0.4) is 0 Å². The Labute approximate surface area is 268 Å². The highest BCUT2D eigenvalue weighted by Gasteiger charge is 2.38. The first kappa shape index (κ1) is 26.5. The van der Waals surface area contributed by atoms with E-state index in [0.717, 1.165) is 33.5 Å². The zero-order valence-corrected chi connectivity index (χ0v) is 25.8. The van der Waals surface area contributed by atoms with Gasteiger partial charge in [-0.25, -0.2) is 4.85 Å². The molecule has 0 N–H and O–H groups in total. The lowest BCUT2D eigenvalue weighted by molar-refractivity contribution is 0.667. The molecule has 46 heavy (non-hydrogen) atoms. The molecule has 8 aromatic rings. The van der Waals surface area contributed by atoms with Crippen LogP contribution >= 0.6 is 0 Å². The monoisotopic (exact) mass is 586 g/mol. The molecule has 0 unspecified atom stereocenters. The quantitative estimate of drug-likeness (QED) is 0.187. The number of hydrogen-bond acceptors (Lipinski definition) is 1. The van der Waals surface area contributed by atoms with Crippen molar-refractivity contribution in [2.75, 3.05) is 4.90 Å². The molecule has 216 valence electrons. The molecule has 9 rings (SSSR count). The molecule has 0 saturated carbocycles. The van der Waals surface area contributed by atoms with Crippen LogP contribution in [0.4, 0.5) is 22.7 Å². The molecule has 0 radical (unpaired) electrons. The fourth-order valence-electron chi connectivity index (χ4n) is 7.78. The van der Waals surface area contributed by atoms with E-state index in [0.29, 0.717) is 0 Å². The van der Waals surface area contributed by atoms with Crippen molar-refractivity contribution in [1.29, 1.82) is 0 Å². The van der Waals surface area contributed by atoms with Gasteiger partial charge in [0.1, 0.15) is 0 Å². The summed E-state index contributed by atoms with van der Waals surface area (Å²) < 4.78 is 0. The van der Waals surface area contributed by atoms with Crippen LogP contribution in [0.1, 0.15) is 25.0 Å². The van der Waals surface area contributed by atoms with Gasteiger partial charge in [0.05, 0.1) is 6.57 Å². The average molecular weight is 587 g/mol. The first-order chi connectivity index (χ1) is 22.5. The second-order valence-electron chi connectivity index (χ2n) is 12.9. The normalized spacial score (nSPS) is 13.2. The Bertz CT molecular complexity index is 2500. The van der Waals surface area contributed by atoms with Gasteiger partial charge in [0.15, 0.2) is 5.69 Å². The van der Waals surface area contributed by atoms with E-state index >= 15 is 0 Å². The standard InChI is InChI=1S/C44H30N2/c1-44(2)40-27-41(45-3)37-14-8-9-15-38(37)42(40)39-22-18-32-26-35(21-23-36(32)43(39)44)46(33-19-16-28-10-4-6-12-30(28)24-33)34-20-17-29-11-5-7-13-31(29)25-34/h4-27H,1-2H3. The molecule has 0 saturated heterocycles. The van der Waals surface area contributed by atoms with Crippen LogP contribution in [-0.2, 0) is 5.41 Å². The summed E-state index contributed by atoms with van der Waals surface area (Å²) in [5.41, 5.74) is 8.96. The Hall–Kier alpha value is -5.91. The molecule has 0 amide bonds. The summed E-state index contributed by atoms with van der Waals surface area (Å²) in [6.45, 7) is 12.5. The summed E-state index contributed by atoms with van der Waals surface area (Å²) in [6, 6.07) is 52.6. The second-order valence-corrected chi connectivity index (χ2v) is 12.9. The molecule has 1 aliphatic carbocycles. The van der Waals surface area contributed by atoms with Gasteiger partial charge in [-0.3, -0.25) is 0 Å². The van der Waals surface area contributed by atoms with E-state index in [1.807, 2.05) is 6.07 Å². The summed E-state index contributed by atoms with van der Waals surface area (Å²) in [4.78, 5) is 6.31. The van der Waals surface area contributed by atoms with E-state index in [1.165, 1.54) is 54.6 Å². The number of benzene rings is 8. The van der Waals surface area contributed by atoms with Crippen molar-refractivity contribution >= 4 is 65.8 Å². The number of anilines is 3. The van der Waals surface area contributed by atoms with E-state index in [1.54, 1.807) is 0 Å². The van der Waals surface area contributed by atoms with Crippen molar-refractivity contribution in [1.82, 2.24) is 0 Å². The van der Waals surface area contributed by atoms with Crippen LogP contribution in [0.25, 0.3) is 59.1 Å². The highest BCUT2D eigenvalue weighted by atomic mass is 15.1. The van der Waals surface area contributed by atoms with Crippen molar-refractivity contribution < 1.29 is 0 Å². The van der Waals surface area contributed by atoms with Crippen molar-refractivity contribution in [3.05, 3.63) is 168 Å². The molecular weight excluding hydrogens is 556 g/mol. The molecule has 0 aliphatic heterocycles. The predicted molar refractivity (Wildman–Crippen MR) is 195 cm³/mol. The lowest BCUT2D eigenvalue weighted by Crippen LogP contribution is -2.15. The number of rotatable bonds is 3. The summed E-state index contributed by atoms with van der Waals surface area (Å²) in [5.74, 6) is 0. The zero-order chi connectivity index (χ0) is 31.0. The fraction of sp³-hybridized carbons (Fsp3) is 0.0682. The van der Waals surface area contributed by atoms with Gasteiger partial charge in [0.2, 0.25) is 0 Å². The molecule has 8 aromatic carbocycles. The fourth-order valence-corrected chi connectivity index (χ4v) is 7.78. The largest absolute Gasteiger partial charge is 0.310 e. The number of hydrogen-bond donors (Lipinski definition) is 0. The van der Waals surface area contributed by atoms with Crippen molar-refractivity contribution in [2.45, 2.75) is 19.3 Å². The van der Waals surface area contributed by atoms with Gasteiger partial charge >= 0.3 is 0 Å². The van der Waals surface area contributed by atoms with Crippen LogP contribution in [-0.4, -0.2) is 0 Å². The first-order valence-corrected chi connectivity index (χ1v) is 15.8. The van der Waals surface area contributed by atoms with E-state index in [9.17, 15) is 0 Å². The Balaban J connectivity index is 1.26. The van der Waals surface area contributed by atoms with Crippen molar-refractivity contribution in [3.63, 3.8) is 0 Å². The van der Waals surface area contributed by atoms with Crippen LogP contribution in [0.5, 0.6) is 0 Å². The Kier molecular flexibility index (Phi) is 5.64. The van der Waals surface area contributed by atoms with Gasteiger partial charge in [-0.2, -0.15) is 0 Å². The van der Waals surface area contributed by atoms with Crippen LogP contribution in [0.15, 0.2) is 146 Å². The van der Waals surface area contributed by atoms with Crippen LogP contribution in [0, 0.1) is 6.57 Å². The van der Waals surface area contributed by atoms with Gasteiger partial charge in [0.25, 0.3) is 0 Å². The highest BCUT2D eigenvalue weighted by Crippen LogP contribution is 2.55. The third-order valence-electron chi connectivity index (χ3n) is 9.95. The minimum Gasteiger partial charge on any atom is -0.310 e. The maximum atomic E-state index is 7.93. The molecule has 0 aromatic heterocycles. The molecule has 0 fully saturated rings. The second kappa shape index (κ2) is 9.80. The molecule has 2 heteroatoms. The lowest BCUT2D eigenvalue weighted by Gasteiger charge is -2.27. The summed E-state index contributed by atoms with van der Waals surface area (Å²) in [7, 11) is 0. The van der Waals surface area contributed by atoms with E-state index in [2.05, 4.69) is 163 Å². The molecule has 0 atom stereocenters. The van der Waals surface area contributed by atoms with E-state index < -0.39 is 0 Å². The van der Waals surface area contributed by atoms with Gasteiger partial charge in [0, 0.05) is 22.5 Å². The average Bonchev–Trinajstić information content (AvgIpc) is 3.34. The predicted octanol–water partition coefficient (Wildman–Crippen LogP) is 12.6.